The minimum atomic E-state index is -3.37. The second-order valence-electron chi connectivity index (χ2n) is 10.5. The van der Waals surface area contributed by atoms with Crippen LogP contribution in [0.2, 0.25) is 0 Å². The maximum atomic E-state index is 15.8. The van der Waals surface area contributed by atoms with Crippen molar-refractivity contribution in [2.75, 3.05) is 7.11 Å². The molecule has 0 aromatic heterocycles. The van der Waals surface area contributed by atoms with Crippen molar-refractivity contribution in [3.05, 3.63) is 181 Å². The van der Waals surface area contributed by atoms with Crippen LogP contribution in [0.5, 0.6) is 5.75 Å². The Morgan fingerprint density at radius 3 is 1.21 bits per heavy atom. The normalized spacial score (nSPS) is 12.4. The molecule has 5 heteroatoms. The predicted octanol–water partition coefficient (Wildman–Crippen LogP) is 5.96. The van der Waals surface area contributed by atoms with E-state index < -0.39 is 15.4 Å². The minimum absolute atomic E-state index is 0.322. The number of benzene rings is 6. The number of hydrogen-bond donors (Lipinski definition) is 1. The molecule has 0 bridgehead atoms. The van der Waals surface area contributed by atoms with Crippen molar-refractivity contribution in [2.24, 2.45) is 0 Å². The Balaban J connectivity index is 1.71. The van der Waals surface area contributed by atoms with E-state index in [9.17, 15) is 0 Å². The van der Waals surface area contributed by atoms with Crippen LogP contribution in [0.3, 0.4) is 0 Å². The van der Waals surface area contributed by atoms with Crippen LogP contribution in [0.4, 0.5) is 0 Å². The molecule has 0 aliphatic rings. The summed E-state index contributed by atoms with van der Waals surface area (Å²) in [4.78, 5) is 0. The van der Waals surface area contributed by atoms with Gasteiger partial charge in [-0.1, -0.05) is 140 Å². The molecule has 0 amide bonds. The van der Waals surface area contributed by atoms with Crippen LogP contribution in [-0.2, 0) is 4.57 Å². The first-order chi connectivity index (χ1) is 21.2. The van der Waals surface area contributed by atoms with Crippen LogP contribution in [0.1, 0.15) is 11.2 Å². The highest BCUT2D eigenvalue weighted by atomic mass is 31.2. The van der Waals surface area contributed by atoms with Crippen LogP contribution < -0.4 is 36.0 Å². The molecule has 43 heavy (non-hydrogen) atoms. The van der Waals surface area contributed by atoms with E-state index >= 15 is 4.57 Å². The lowest BCUT2D eigenvalue weighted by molar-refractivity contribution is 0.414. The molecule has 1 unspecified atom stereocenters. The van der Waals surface area contributed by atoms with Gasteiger partial charge in [-0.25, -0.2) is 0 Å². The molecule has 6 aromatic carbocycles. The Morgan fingerprint density at radius 2 is 0.860 bits per heavy atom. The van der Waals surface area contributed by atoms with E-state index in [0.29, 0.717) is 0 Å². The van der Waals surface area contributed by atoms with Gasteiger partial charge in [-0.15, -0.1) is 0 Å². The first kappa shape index (κ1) is 28.6. The predicted molar refractivity (Wildman–Crippen MR) is 183 cm³/mol. The molecule has 0 aliphatic heterocycles. The lowest BCUT2D eigenvalue weighted by atomic mass is 10.2. The number of hydrogen-bond acceptors (Lipinski definition) is 2. The van der Waals surface area contributed by atoms with Gasteiger partial charge in [-0.2, -0.15) is 0 Å². The lowest BCUT2D eigenvalue weighted by Gasteiger charge is -2.43. The third-order valence-electron chi connectivity index (χ3n) is 8.12. The molecule has 0 saturated heterocycles. The van der Waals surface area contributed by atoms with E-state index in [1.165, 1.54) is 15.6 Å². The van der Waals surface area contributed by atoms with E-state index in [2.05, 4.69) is 108 Å². The molecule has 0 aliphatic carbocycles. The van der Waals surface area contributed by atoms with Crippen LogP contribution in [0.15, 0.2) is 176 Å². The van der Waals surface area contributed by atoms with E-state index in [1.807, 2.05) is 72.8 Å². The summed E-state index contributed by atoms with van der Waals surface area (Å²) in [6.07, 6.45) is 0. The molecule has 1 atom stereocenters. The lowest BCUT2D eigenvalue weighted by Crippen LogP contribution is -2.73. The van der Waals surface area contributed by atoms with Gasteiger partial charge >= 0.3 is 0 Å². The van der Waals surface area contributed by atoms with Gasteiger partial charge in [-0.3, -0.25) is 9.65 Å². The van der Waals surface area contributed by atoms with Crippen LogP contribution >= 0.6 is 7.29 Å². The van der Waals surface area contributed by atoms with Gasteiger partial charge in [0.25, 0.3) is 0 Å². The van der Waals surface area contributed by atoms with Gasteiger partial charge in [0.1, 0.15) is 5.75 Å². The van der Waals surface area contributed by atoms with Crippen molar-refractivity contribution >= 4 is 41.5 Å². The summed E-state index contributed by atoms with van der Waals surface area (Å²) in [6, 6.07) is 60.2. The Kier molecular flexibility index (Phi) is 8.53. The molecular formula is C38H34NO2PSi. The highest BCUT2D eigenvalue weighted by molar-refractivity contribution is 7.77. The fourth-order valence-corrected chi connectivity index (χ4v) is 14.5. The summed E-state index contributed by atoms with van der Waals surface area (Å²) >= 11 is 0. The molecule has 6 aromatic rings. The molecule has 3 nitrogen and oxygen atoms in total. The van der Waals surface area contributed by atoms with Crippen molar-refractivity contribution < 1.29 is 9.30 Å². The van der Waals surface area contributed by atoms with Crippen LogP contribution in [0, 0.1) is 0 Å². The molecule has 0 spiro atoms. The first-order valence-corrected chi connectivity index (χ1v) is 18.2. The fraction of sp³-hybridized carbons (Fsp3) is 0.0526. The van der Waals surface area contributed by atoms with Gasteiger partial charge < -0.3 is 4.74 Å². The average Bonchev–Trinajstić information content (AvgIpc) is 3.10. The molecule has 6 rings (SSSR count). The number of nitrogens with one attached hydrogen (secondary N) is 1. The maximum absolute atomic E-state index is 15.8. The summed E-state index contributed by atoms with van der Waals surface area (Å²) < 4.78 is 21.3. The molecule has 0 saturated carbocycles. The van der Waals surface area contributed by atoms with Crippen molar-refractivity contribution in [3.8, 4) is 5.75 Å². The molecule has 0 fully saturated rings. The molecule has 0 heterocycles. The zero-order valence-electron chi connectivity index (χ0n) is 24.1. The second kappa shape index (κ2) is 12.8. The zero-order chi connectivity index (χ0) is 29.5. The highest BCUT2D eigenvalue weighted by Crippen LogP contribution is 2.44. The molecule has 212 valence electrons. The fourth-order valence-electron chi connectivity index (χ4n) is 6.08. The van der Waals surface area contributed by atoms with Crippen LogP contribution in [0.25, 0.3) is 0 Å². The van der Waals surface area contributed by atoms with Gasteiger partial charge in [0.2, 0.25) is 7.29 Å². The Morgan fingerprint density at radius 1 is 0.512 bits per heavy atom. The smallest absolute Gasteiger partial charge is 0.204 e. The monoisotopic (exact) mass is 595 g/mol. The summed E-state index contributed by atoms with van der Waals surface area (Å²) in [5, 5.41) is 9.17. The van der Waals surface area contributed by atoms with Crippen LogP contribution in [-0.4, -0.2) is 15.2 Å². The van der Waals surface area contributed by atoms with Crippen molar-refractivity contribution in [1.82, 2.24) is 5.09 Å². The van der Waals surface area contributed by atoms with Crippen molar-refractivity contribution in [3.63, 3.8) is 0 Å². The quantitative estimate of drug-likeness (QED) is 0.121. The summed E-state index contributed by atoms with van der Waals surface area (Å²) in [7, 11) is -4.71. The summed E-state index contributed by atoms with van der Waals surface area (Å²) in [6.45, 7) is 0. The standard InChI is InChI=1S/C38H34NO2PSi/c1-41-32-29-27-31(28-30-32)38(39-42(40,33-17-7-2-8-18-33)34-19-9-3-10-20-34)43(35-21-11-4-12-22-35,36-23-13-5-14-24-36)37-25-15-6-16-26-37/h2-30,38H,1H3,(H,39,40). The van der Waals surface area contributed by atoms with E-state index in [0.717, 1.165) is 21.9 Å². The van der Waals surface area contributed by atoms with E-state index in [4.69, 9.17) is 4.74 Å². The maximum Gasteiger partial charge on any atom is 0.204 e. The Bertz CT molecular complexity index is 1640. The van der Waals surface area contributed by atoms with Gasteiger partial charge in [-0.05, 0) is 57.5 Å². The largest absolute Gasteiger partial charge is 0.497 e. The Hall–Kier alpha value is -4.47. The van der Waals surface area contributed by atoms with Gasteiger partial charge in [0, 0.05) is 16.3 Å². The highest BCUT2D eigenvalue weighted by Gasteiger charge is 2.50. The van der Waals surface area contributed by atoms with Gasteiger partial charge in [0.05, 0.1) is 7.11 Å². The van der Waals surface area contributed by atoms with E-state index in [-0.39, 0.29) is 5.67 Å². The summed E-state index contributed by atoms with van der Waals surface area (Å²) in [5.74, 6) is 0.781. The third-order valence-corrected chi connectivity index (χ3v) is 16.1. The molecule has 1 N–H and O–H groups in total. The van der Waals surface area contributed by atoms with E-state index in [1.54, 1.807) is 7.11 Å². The first-order valence-electron chi connectivity index (χ1n) is 14.5. The SMILES string of the molecule is COc1ccc(C(NP(=O)(c2ccccc2)c2ccccc2)[Si](c2ccccc2)(c2ccccc2)c2ccccc2)cc1. The molecule has 0 radical (unpaired) electrons. The number of ether oxygens (including phenoxy) is 1. The summed E-state index contributed by atoms with van der Waals surface area (Å²) in [5.41, 5.74) is 0.730. The Labute approximate surface area is 255 Å². The zero-order valence-corrected chi connectivity index (χ0v) is 26.0. The van der Waals surface area contributed by atoms with Crippen molar-refractivity contribution in [1.29, 1.82) is 0 Å². The average molecular weight is 596 g/mol. The topological polar surface area (TPSA) is 38.3 Å². The molecular weight excluding hydrogens is 561 g/mol. The third kappa shape index (κ3) is 5.53. The number of methoxy groups -OCH3 is 1. The van der Waals surface area contributed by atoms with Gasteiger partial charge in [0.15, 0.2) is 8.07 Å². The minimum Gasteiger partial charge on any atom is -0.497 e. The number of rotatable bonds is 10. The second-order valence-corrected chi connectivity index (χ2v) is 17.0. The van der Waals surface area contributed by atoms with Crippen molar-refractivity contribution in [2.45, 2.75) is 5.67 Å².